The summed E-state index contributed by atoms with van der Waals surface area (Å²) >= 11 is 7.30. The van der Waals surface area contributed by atoms with Gasteiger partial charge in [-0.25, -0.2) is 4.98 Å². The van der Waals surface area contributed by atoms with Crippen molar-refractivity contribution >= 4 is 35.0 Å². The van der Waals surface area contributed by atoms with Gasteiger partial charge < -0.3 is 10.1 Å². The molecule has 1 N–H and O–H groups in total. The minimum absolute atomic E-state index is 0.134. The van der Waals surface area contributed by atoms with Gasteiger partial charge in [0.2, 0.25) is 5.91 Å². The van der Waals surface area contributed by atoms with E-state index in [0.717, 1.165) is 5.56 Å². The average Bonchev–Trinajstić information content (AvgIpc) is 2.47. The average molecular weight is 323 g/mol. The molecule has 1 aromatic carbocycles. The number of nitrogens with zero attached hydrogens (tertiary/aromatic N) is 1. The zero-order chi connectivity index (χ0) is 15.2. The van der Waals surface area contributed by atoms with E-state index >= 15 is 0 Å². The van der Waals surface area contributed by atoms with Crippen LogP contribution >= 0.6 is 23.4 Å². The summed E-state index contributed by atoms with van der Waals surface area (Å²) in [5, 5.41) is 4.03. The summed E-state index contributed by atoms with van der Waals surface area (Å²) in [4.78, 5) is 16.1. The van der Waals surface area contributed by atoms with E-state index in [2.05, 4.69) is 10.3 Å². The third-order valence-corrected chi connectivity index (χ3v) is 4.12. The predicted molar refractivity (Wildman–Crippen MR) is 86.3 cm³/mol. The number of aromatic nitrogens is 1. The molecule has 0 radical (unpaired) electrons. The van der Waals surface area contributed by atoms with E-state index in [1.807, 2.05) is 25.1 Å². The number of anilines is 1. The van der Waals surface area contributed by atoms with Crippen LogP contribution in [-0.2, 0) is 4.79 Å². The lowest BCUT2D eigenvalue weighted by molar-refractivity contribution is -0.113. The maximum atomic E-state index is 12.0. The van der Waals surface area contributed by atoms with Crippen molar-refractivity contribution in [3.8, 4) is 5.75 Å². The number of hydrogen-bond donors (Lipinski definition) is 1. The summed E-state index contributed by atoms with van der Waals surface area (Å²) in [6, 6.07) is 9.13. The molecule has 0 atom stereocenters. The van der Waals surface area contributed by atoms with Crippen molar-refractivity contribution in [2.75, 3.05) is 18.2 Å². The Hall–Kier alpha value is -1.72. The van der Waals surface area contributed by atoms with E-state index in [1.165, 1.54) is 11.8 Å². The fourth-order valence-corrected chi connectivity index (χ4v) is 2.68. The van der Waals surface area contributed by atoms with E-state index in [9.17, 15) is 4.79 Å². The quantitative estimate of drug-likeness (QED) is 0.851. The van der Waals surface area contributed by atoms with Crippen LogP contribution in [0.2, 0.25) is 5.02 Å². The molecule has 1 heterocycles. The van der Waals surface area contributed by atoms with Crippen molar-refractivity contribution in [1.29, 1.82) is 0 Å². The summed E-state index contributed by atoms with van der Waals surface area (Å²) in [7, 11) is 1.57. The van der Waals surface area contributed by atoms with E-state index < -0.39 is 0 Å². The van der Waals surface area contributed by atoms with Gasteiger partial charge in [0.15, 0.2) is 0 Å². The third-order valence-electron chi connectivity index (χ3n) is 2.69. The number of aryl methyl sites for hydroxylation is 1. The van der Waals surface area contributed by atoms with Gasteiger partial charge in [-0.3, -0.25) is 4.79 Å². The van der Waals surface area contributed by atoms with Gasteiger partial charge >= 0.3 is 0 Å². The number of pyridine rings is 1. The van der Waals surface area contributed by atoms with Crippen LogP contribution in [0.1, 0.15) is 5.56 Å². The van der Waals surface area contributed by atoms with Crippen LogP contribution < -0.4 is 10.1 Å². The summed E-state index contributed by atoms with van der Waals surface area (Å²) in [6.07, 6.45) is 1.65. The highest BCUT2D eigenvalue weighted by atomic mass is 35.5. The molecule has 4 nitrogen and oxygen atoms in total. The first-order chi connectivity index (χ1) is 10.1. The molecule has 0 spiro atoms. The van der Waals surface area contributed by atoms with E-state index in [-0.39, 0.29) is 11.7 Å². The Morgan fingerprint density at radius 1 is 1.43 bits per heavy atom. The van der Waals surface area contributed by atoms with Crippen LogP contribution in [-0.4, -0.2) is 23.8 Å². The Morgan fingerprint density at radius 3 is 2.95 bits per heavy atom. The first-order valence-corrected chi connectivity index (χ1v) is 7.64. The summed E-state index contributed by atoms with van der Waals surface area (Å²) < 4.78 is 5.23. The molecule has 1 aromatic heterocycles. The topological polar surface area (TPSA) is 51.2 Å². The monoisotopic (exact) mass is 322 g/mol. The first kappa shape index (κ1) is 15.7. The largest absolute Gasteiger partial charge is 0.495 e. The van der Waals surface area contributed by atoms with Crippen LogP contribution in [0.4, 0.5) is 5.69 Å². The van der Waals surface area contributed by atoms with Gasteiger partial charge in [0.1, 0.15) is 10.8 Å². The molecule has 21 heavy (non-hydrogen) atoms. The number of hydrogen-bond acceptors (Lipinski definition) is 4. The molecule has 2 aromatic rings. The van der Waals surface area contributed by atoms with E-state index in [0.29, 0.717) is 21.5 Å². The molecule has 110 valence electrons. The van der Waals surface area contributed by atoms with Crippen LogP contribution in [0.15, 0.2) is 41.6 Å². The Labute approximate surface area is 132 Å². The number of halogens is 1. The number of methoxy groups -OCH3 is 1. The first-order valence-electron chi connectivity index (χ1n) is 6.28. The maximum Gasteiger partial charge on any atom is 0.234 e. The van der Waals surface area contributed by atoms with Gasteiger partial charge in [-0.05, 0) is 36.8 Å². The van der Waals surface area contributed by atoms with Crippen molar-refractivity contribution in [2.45, 2.75) is 11.9 Å². The molecule has 1 amide bonds. The van der Waals surface area contributed by atoms with E-state index in [4.69, 9.17) is 16.3 Å². The second-order valence-corrected chi connectivity index (χ2v) is 5.70. The Morgan fingerprint density at radius 2 is 2.24 bits per heavy atom. The molecule has 0 saturated heterocycles. The maximum absolute atomic E-state index is 12.0. The number of ether oxygens (including phenoxy) is 1. The van der Waals surface area contributed by atoms with Crippen molar-refractivity contribution in [3.05, 3.63) is 47.1 Å². The molecule has 0 unspecified atom stereocenters. The lowest BCUT2D eigenvalue weighted by Crippen LogP contribution is -2.15. The standard InChI is InChI=1S/C15H15ClN2O2S/c1-10-5-6-13(20-2)12(8-10)18-14(19)9-21-15-11(16)4-3-7-17-15/h3-8H,9H2,1-2H3,(H,18,19). The Balaban J connectivity index is 1.99. The molecule has 0 bridgehead atoms. The molecule has 0 aliphatic rings. The number of amides is 1. The minimum Gasteiger partial charge on any atom is -0.495 e. The highest BCUT2D eigenvalue weighted by Crippen LogP contribution is 2.27. The second kappa shape index (κ2) is 7.33. The molecule has 2 rings (SSSR count). The lowest BCUT2D eigenvalue weighted by atomic mass is 10.2. The number of rotatable bonds is 5. The third kappa shape index (κ3) is 4.37. The summed E-state index contributed by atoms with van der Waals surface area (Å²) in [5.41, 5.74) is 1.71. The molecule has 0 saturated carbocycles. The molecule has 0 aliphatic carbocycles. The molecule has 6 heteroatoms. The fourth-order valence-electron chi connectivity index (χ4n) is 1.72. The minimum atomic E-state index is -0.134. The van der Waals surface area contributed by atoms with Crippen molar-refractivity contribution in [3.63, 3.8) is 0 Å². The lowest BCUT2D eigenvalue weighted by Gasteiger charge is -2.11. The van der Waals surface area contributed by atoms with Gasteiger partial charge in [-0.2, -0.15) is 0 Å². The van der Waals surface area contributed by atoms with Gasteiger partial charge in [-0.1, -0.05) is 29.4 Å². The van der Waals surface area contributed by atoms with Gasteiger partial charge in [0.25, 0.3) is 0 Å². The van der Waals surface area contributed by atoms with E-state index in [1.54, 1.807) is 25.4 Å². The molecule has 0 fully saturated rings. The molecule has 0 aliphatic heterocycles. The van der Waals surface area contributed by atoms with Gasteiger partial charge in [0.05, 0.1) is 23.6 Å². The normalized spacial score (nSPS) is 10.2. The molecular formula is C15H15ClN2O2S. The number of benzene rings is 1. The summed E-state index contributed by atoms with van der Waals surface area (Å²) in [5.74, 6) is 0.730. The number of carbonyl (C=O) groups is 1. The summed E-state index contributed by atoms with van der Waals surface area (Å²) in [6.45, 7) is 1.96. The van der Waals surface area contributed by atoms with Crippen LogP contribution in [0.25, 0.3) is 0 Å². The Kier molecular flexibility index (Phi) is 5.47. The predicted octanol–water partition coefficient (Wildman–Crippen LogP) is 3.78. The number of thioether (sulfide) groups is 1. The SMILES string of the molecule is COc1ccc(C)cc1NC(=O)CSc1ncccc1Cl. The van der Waals surface area contributed by atoms with Crippen LogP contribution in [0.3, 0.4) is 0 Å². The Bertz CT molecular complexity index is 649. The van der Waals surface area contributed by atoms with Crippen molar-refractivity contribution < 1.29 is 9.53 Å². The van der Waals surface area contributed by atoms with Gasteiger partial charge in [0, 0.05) is 6.20 Å². The second-order valence-electron chi connectivity index (χ2n) is 4.33. The van der Waals surface area contributed by atoms with Crippen LogP contribution in [0.5, 0.6) is 5.75 Å². The highest BCUT2D eigenvalue weighted by molar-refractivity contribution is 8.00. The van der Waals surface area contributed by atoms with Crippen molar-refractivity contribution in [1.82, 2.24) is 4.98 Å². The van der Waals surface area contributed by atoms with Crippen molar-refractivity contribution in [2.24, 2.45) is 0 Å². The van der Waals surface area contributed by atoms with Crippen LogP contribution in [0, 0.1) is 6.92 Å². The smallest absolute Gasteiger partial charge is 0.234 e. The zero-order valence-corrected chi connectivity index (χ0v) is 13.3. The number of carbonyl (C=O) groups excluding carboxylic acids is 1. The molecular weight excluding hydrogens is 308 g/mol. The number of nitrogens with one attached hydrogen (secondary N) is 1. The fraction of sp³-hybridized carbons (Fsp3) is 0.200. The zero-order valence-electron chi connectivity index (χ0n) is 11.7. The highest BCUT2D eigenvalue weighted by Gasteiger charge is 2.10. The van der Waals surface area contributed by atoms with Gasteiger partial charge in [-0.15, -0.1) is 0 Å².